The molecule has 0 aliphatic carbocycles. The van der Waals surface area contributed by atoms with E-state index < -0.39 is 0 Å². The van der Waals surface area contributed by atoms with Crippen molar-refractivity contribution in [2.24, 2.45) is 4.99 Å². The molecule has 0 aliphatic heterocycles. The Labute approximate surface area is 104 Å². The Morgan fingerprint density at radius 3 is 2.53 bits per heavy atom. The highest BCUT2D eigenvalue weighted by Gasteiger charge is 1.93. The van der Waals surface area contributed by atoms with E-state index in [-0.39, 0.29) is 0 Å². The third-order valence-corrected chi connectivity index (χ3v) is 2.80. The lowest BCUT2D eigenvalue weighted by Crippen LogP contribution is -1.87. The monoisotopic (exact) mass is 230 g/mol. The van der Waals surface area contributed by atoms with Gasteiger partial charge in [0.1, 0.15) is 0 Å². The molecule has 0 N–H and O–H groups in total. The molecule has 0 heterocycles. The van der Waals surface area contributed by atoms with E-state index in [9.17, 15) is 4.79 Å². The van der Waals surface area contributed by atoms with Crippen LogP contribution in [0.4, 0.5) is 0 Å². The molecule has 0 amide bonds. The summed E-state index contributed by atoms with van der Waals surface area (Å²) in [5.41, 5.74) is 1.31. The number of carbonyl (C=O) groups excluding carboxylic acids is 1. The summed E-state index contributed by atoms with van der Waals surface area (Å²) in [6.45, 7) is 0.641. The number of hydrogen-bond acceptors (Lipinski definition) is 2. The number of aryl methyl sites for hydroxylation is 1. The largest absolute Gasteiger partial charge is 0.234 e. The minimum atomic E-state index is 0.641. The third-order valence-electron chi connectivity index (χ3n) is 2.80. The van der Waals surface area contributed by atoms with Crippen molar-refractivity contribution >= 4 is 6.08 Å². The molecule has 2 heteroatoms. The standard InChI is InChI=1S/C15H20NO/c17-14-16-13-9-4-2-1-3-6-10-15-11-7-5-8-12-15/h5,7-8,11H,1-4,6,9-10,13H2. The Kier molecular flexibility index (Phi) is 7.88. The molecule has 0 saturated heterocycles. The van der Waals surface area contributed by atoms with E-state index in [1.54, 1.807) is 6.08 Å². The molecule has 0 unspecified atom stereocenters. The highest BCUT2D eigenvalue weighted by atomic mass is 16.1. The van der Waals surface area contributed by atoms with Crippen LogP contribution in [-0.2, 0) is 11.2 Å². The summed E-state index contributed by atoms with van der Waals surface area (Å²) in [6.07, 6.45) is 9.93. The number of benzene rings is 1. The van der Waals surface area contributed by atoms with Gasteiger partial charge in [-0.25, -0.2) is 9.79 Å². The van der Waals surface area contributed by atoms with Crippen molar-refractivity contribution in [3.63, 3.8) is 0 Å². The summed E-state index contributed by atoms with van der Waals surface area (Å²) in [5.74, 6) is 0. The average molecular weight is 230 g/mol. The number of nitrogens with zero attached hydrogens (tertiary/aromatic N) is 1. The molecule has 17 heavy (non-hydrogen) atoms. The second kappa shape index (κ2) is 9.80. The second-order valence-corrected chi connectivity index (χ2v) is 4.23. The average Bonchev–Trinajstić information content (AvgIpc) is 2.38. The molecule has 1 aromatic rings. The van der Waals surface area contributed by atoms with Gasteiger partial charge < -0.3 is 0 Å². The van der Waals surface area contributed by atoms with E-state index in [1.807, 2.05) is 12.1 Å². The first-order valence-corrected chi connectivity index (χ1v) is 6.42. The molecule has 91 valence electrons. The van der Waals surface area contributed by atoms with Crippen LogP contribution in [0.5, 0.6) is 0 Å². The van der Waals surface area contributed by atoms with Gasteiger partial charge in [0.05, 0.1) is 6.54 Å². The lowest BCUT2D eigenvalue weighted by atomic mass is 10.1. The van der Waals surface area contributed by atoms with Crippen LogP contribution in [0.15, 0.2) is 29.3 Å². The second-order valence-electron chi connectivity index (χ2n) is 4.23. The SMILES string of the molecule is O=C=NCCCCCCCCc1[c]cccc1. The van der Waals surface area contributed by atoms with Gasteiger partial charge in [-0.05, 0) is 30.9 Å². The van der Waals surface area contributed by atoms with Crippen LogP contribution in [0.1, 0.15) is 44.1 Å². The first-order valence-electron chi connectivity index (χ1n) is 6.42. The number of isocyanates is 1. The van der Waals surface area contributed by atoms with E-state index >= 15 is 0 Å². The molecule has 0 bridgehead atoms. The zero-order valence-electron chi connectivity index (χ0n) is 10.3. The van der Waals surface area contributed by atoms with Crippen LogP contribution in [0.25, 0.3) is 0 Å². The van der Waals surface area contributed by atoms with E-state index in [0.29, 0.717) is 6.54 Å². The van der Waals surface area contributed by atoms with Gasteiger partial charge >= 0.3 is 0 Å². The number of rotatable bonds is 9. The lowest BCUT2D eigenvalue weighted by molar-refractivity contribution is 0.559. The first kappa shape index (κ1) is 13.7. The molecule has 0 saturated carbocycles. The molecule has 1 radical (unpaired) electrons. The van der Waals surface area contributed by atoms with Crippen molar-refractivity contribution in [3.8, 4) is 0 Å². The predicted octanol–water partition coefficient (Wildman–Crippen LogP) is 3.71. The number of unbranched alkanes of at least 4 members (excludes halogenated alkanes) is 5. The fraction of sp³-hybridized carbons (Fsp3) is 0.533. The minimum Gasteiger partial charge on any atom is -0.211 e. The molecular weight excluding hydrogens is 210 g/mol. The highest BCUT2D eigenvalue weighted by molar-refractivity contribution is 5.32. The summed E-state index contributed by atoms with van der Waals surface area (Å²) >= 11 is 0. The molecule has 1 rings (SSSR count). The van der Waals surface area contributed by atoms with Crippen LogP contribution in [0.2, 0.25) is 0 Å². The van der Waals surface area contributed by atoms with Gasteiger partial charge in [0, 0.05) is 0 Å². The third kappa shape index (κ3) is 7.48. The Balaban J connectivity index is 1.89. The van der Waals surface area contributed by atoms with E-state index in [4.69, 9.17) is 0 Å². The first-order chi connectivity index (χ1) is 8.43. The van der Waals surface area contributed by atoms with Crippen molar-refractivity contribution in [1.29, 1.82) is 0 Å². The quantitative estimate of drug-likeness (QED) is 0.361. The van der Waals surface area contributed by atoms with Gasteiger partial charge in [-0.1, -0.05) is 49.9 Å². The smallest absolute Gasteiger partial charge is 0.211 e. The fourth-order valence-electron chi connectivity index (χ4n) is 1.85. The van der Waals surface area contributed by atoms with Crippen molar-refractivity contribution in [2.75, 3.05) is 6.54 Å². The fourth-order valence-corrected chi connectivity index (χ4v) is 1.85. The van der Waals surface area contributed by atoms with Crippen LogP contribution >= 0.6 is 0 Å². The maximum atomic E-state index is 9.82. The van der Waals surface area contributed by atoms with Crippen molar-refractivity contribution in [1.82, 2.24) is 0 Å². The Morgan fingerprint density at radius 2 is 1.82 bits per heavy atom. The lowest BCUT2D eigenvalue weighted by Gasteiger charge is -2.01. The summed E-state index contributed by atoms with van der Waals surface area (Å²) in [7, 11) is 0. The topological polar surface area (TPSA) is 29.4 Å². The van der Waals surface area contributed by atoms with Crippen LogP contribution in [0, 0.1) is 6.07 Å². The van der Waals surface area contributed by atoms with Crippen molar-refractivity contribution in [2.45, 2.75) is 44.9 Å². The zero-order chi connectivity index (χ0) is 12.2. The van der Waals surface area contributed by atoms with Crippen molar-refractivity contribution < 1.29 is 4.79 Å². The zero-order valence-corrected chi connectivity index (χ0v) is 10.3. The Bertz CT molecular complexity index is 328. The molecule has 0 atom stereocenters. The van der Waals surface area contributed by atoms with Gasteiger partial charge in [-0.2, -0.15) is 0 Å². The minimum absolute atomic E-state index is 0.641. The number of aliphatic imine (C=N–C) groups is 1. The van der Waals surface area contributed by atoms with Crippen LogP contribution in [0.3, 0.4) is 0 Å². The summed E-state index contributed by atoms with van der Waals surface area (Å²) in [4.78, 5) is 13.4. The van der Waals surface area contributed by atoms with E-state index in [1.165, 1.54) is 37.7 Å². The molecular formula is C15H20NO. The molecule has 0 aliphatic rings. The molecule has 1 aromatic carbocycles. The van der Waals surface area contributed by atoms with Gasteiger partial charge in [0.25, 0.3) is 0 Å². The normalized spacial score (nSPS) is 9.88. The maximum Gasteiger partial charge on any atom is 0.234 e. The molecule has 2 nitrogen and oxygen atoms in total. The molecule has 0 aromatic heterocycles. The highest BCUT2D eigenvalue weighted by Crippen LogP contribution is 2.09. The van der Waals surface area contributed by atoms with Crippen molar-refractivity contribution in [3.05, 3.63) is 35.9 Å². The van der Waals surface area contributed by atoms with Crippen LogP contribution in [-0.4, -0.2) is 12.6 Å². The molecule has 0 fully saturated rings. The number of hydrogen-bond donors (Lipinski definition) is 0. The molecule has 0 spiro atoms. The maximum absolute atomic E-state index is 9.82. The van der Waals surface area contributed by atoms with Gasteiger partial charge in [-0.15, -0.1) is 0 Å². The van der Waals surface area contributed by atoms with E-state index in [2.05, 4.69) is 23.2 Å². The summed E-state index contributed by atoms with van der Waals surface area (Å²) in [5, 5.41) is 0. The predicted molar refractivity (Wildman–Crippen MR) is 69.7 cm³/mol. The Morgan fingerprint density at radius 1 is 1.06 bits per heavy atom. The van der Waals surface area contributed by atoms with Gasteiger partial charge in [-0.3, -0.25) is 0 Å². The van der Waals surface area contributed by atoms with E-state index in [0.717, 1.165) is 12.8 Å². The van der Waals surface area contributed by atoms with Crippen LogP contribution < -0.4 is 0 Å². The Hall–Kier alpha value is -1.40. The van der Waals surface area contributed by atoms with Gasteiger partial charge in [0.2, 0.25) is 6.08 Å². The summed E-state index contributed by atoms with van der Waals surface area (Å²) in [6, 6.07) is 11.4. The van der Waals surface area contributed by atoms with Gasteiger partial charge in [0.15, 0.2) is 0 Å². The summed E-state index contributed by atoms with van der Waals surface area (Å²) < 4.78 is 0.